The van der Waals surface area contributed by atoms with Crippen molar-refractivity contribution in [2.75, 3.05) is 26.7 Å². The number of amides is 3. The van der Waals surface area contributed by atoms with Gasteiger partial charge in [0.2, 0.25) is 17.7 Å². The van der Waals surface area contributed by atoms with Crippen LogP contribution < -0.4 is 10.6 Å². The maximum Gasteiger partial charge on any atom is 0.246 e. The van der Waals surface area contributed by atoms with Crippen LogP contribution in [0.5, 0.6) is 0 Å². The third-order valence-corrected chi connectivity index (χ3v) is 11.6. The summed E-state index contributed by atoms with van der Waals surface area (Å²) in [4.78, 5) is 59.1. The quantitative estimate of drug-likeness (QED) is 0.122. The van der Waals surface area contributed by atoms with Crippen molar-refractivity contribution in [3.8, 4) is 22.4 Å². The average Bonchev–Trinajstić information content (AvgIpc) is 3.92. The van der Waals surface area contributed by atoms with Crippen LogP contribution in [0.15, 0.2) is 47.3 Å². The van der Waals surface area contributed by atoms with Crippen LogP contribution in [0.1, 0.15) is 70.2 Å². The van der Waals surface area contributed by atoms with Crippen LogP contribution in [-0.2, 0) is 14.4 Å². The maximum absolute atomic E-state index is 13.7. The van der Waals surface area contributed by atoms with Crippen molar-refractivity contribution < 1.29 is 14.4 Å². The molecule has 11 nitrogen and oxygen atoms in total. The molecule has 49 heavy (non-hydrogen) atoms. The Morgan fingerprint density at radius 3 is 2.63 bits per heavy atom. The van der Waals surface area contributed by atoms with E-state index in [2.05, 4.69) is 43.5 Å². The number of hydrogen-bond donors (Lipinski definition) is 4. The highest BCUT2D eigenvalue weighted by Crippen LogP contribution is 2.44. The number of H-pyrrole nitrogens is 2. The van der Waals surface area contributed by atoms with Gasteiger partial charge in [-0.15, -0.1) is 22.7 Å². The van der Waals surface area contributed by atoms with E-state index in [-0.39, 0.29) is 42.3 Å². The fraction of sp³-hybridized carbons (Fsp3) is 0.417. The van der Waals surface area contributed by atoms with Crippen LogP contribution in [0.4, 0.5) is 0 Å². The Balaban J connectivity index is 1.11. The minimum atomic E-state index is -0.551. The van der Waals surface area contributed by atoms with Crippen molar-refractivity contribution in [3.05, 3.63) is 59.0 Å². The first kappa shape index (κ1) is 33.2. The zero-order valence-electron chi connectivity index (χ0n) is 28.2. The number of benzene rings is 1. The normalized spacial score (nSPS) is 18.4. The Hall–Kier alpha value is -4.33. The van der Waals surface area contributed by atoms with Gasteiger partial charge in [0.05, 0.1) is 44.9 Å². The van der Waals surface area contributed by atoms with Crippen molar-refractivity contribution in [1.29, 1.82) is 0 Å². The molecule has 0 bridgehead atoms. The molecule has 13 heteroatoms. The molecule has 0 aliphatic carbocycles. The molecule has 0 spiro atoms. The largest absolute Gasteiger partial charge is 0.344 e. The van der Waals surface area contributed by atoms with Gasteiger partial charge in [-0.05, 0) is 49.9 Å². The van der Waals surface area contributed by atoms with E-state index < -0.39 is 6.04 Å². The first-order valence-electron chi connectivity index (χ1n) is 17.0. The van der Waals surface area contributed by atoms with E-state index in [1.807, 2.05) is 55.0 Å². The number of aromatic nitrogens is 4. The number of aromatic amines is 2. The molecular formula is C36H42N8O3S2. The van der Waals surface area contributed by atoms with Gasteiger partial charge in [0.1, 0.15) is 23.7 Å². The van der Waals surface area contributed by atoms with Gasteiger partial charge in [0.25, 0.3) is 0 Å². The average molecular weight is 699 g/mol. The van der Waals surface area contributed by atoms with E-state index in [4.69, 9.17) is 9.97 Å². The zero-order chi connectivity index (χ0) is 34.2. The molecular weight excluding hydrogens is 657 g/mol. The lowest BCUT2D eigenvalue weighted by Gasteiger charge is -2.30. The van der Waals surface area contributed by atoms with Crippen molar-refractivity contribution >= 4 is 60.8 Å². The molecule has 6 heterocycles. The number of nitrogens with one attached hydrogen (secondary N) is 4. The van der Waals surface area contributed by atoms with Crippen molar-refractivity contribution in [2.24, 2.45) is 5.92 Å². The first-order chi connectivity index (χ1) is 23.8. The van der Waals surface area contributed by atoms with Gasteiger partial charge in [0, 0.05) is 41.4 Å². The highest BCUT2D eigenvalue weighted by molar-refractivity contribution is 7.27. The van der Waals surface area contributed by atoms with Gasteiger partial charge in [-0.25, -0.2) is 9.97 Å². The minimum Gasteiger partial charge on any atom is -0.344 e. The zero-order valence-corrected chi connectivity index (χ0v) is 29.8. The van der Waals surface area contributed by atoms with Crippen molar-refractivity contribution in [2.45, 2.75) is 64.6 Å². The number of likely N-dealkylation sites (N-methyl/N-ethyl adjacent to an activating group) is 1. The van der Waals surface area contributed by atoms with Crippen LogP contribution in [0.2, 0.25) is 0 Å². The van der Waals surface area contributed by atoms with Gasteiger partial charge in [-0.3, -0.25) is 14.4 Å². The summed E-state index contributed by atoms with van der Waals surface area (Å²) in [6.07, 6.45) is 8.79. The number of likely N-dealkylation sites (tertiary alicyclic amines) is 1. The monoisotopic (exact) mass is 698 g/mol. The van der Waals surface area contributed by atoms with E-state index in [9.17, 15) is 14.4 Å². The minimum absolute atomic E-state index is 0.0151. The summed E-state index contributed by atoms with van der Waals surface area (Å²) in [7, 11) is 1.78. The molecule has 1 fully saturated rings. The second kappa shape index (κ2) is 13.9. The number of rotatable bonds is 11. The molecule has 3 amide bonds. The molecule has 1 saturated heterocycles. The van der Waals surface area contributed by atoms with Crippen LogP contribution in [-0.4, -0.2) is 80.2 Å². The van der Waals surface area contributed by atoms with Gasteiger partial charge >= 0.3 is 0 Å². The van der Waals surface area contributed by atoms with Crippen LogP contribution >= 0.6 is 22.7 Å². The van der Waals surface area contributed by atoms with Gasteiger partial charge in [-0.2, -0.15) is 0 Å². The summed E-state index contributed by atoms with van der Waals surface area (Å²) < 4.78 is 2.39. The number of nitrogens with zero attached hydrogens (tertiary/aromatic N) is 4. The van der Waals surface area contributed by atoms with Crippen LogP contribution in [0, 0.1) is 5.92 Å². The Kier molecular flexibility index (Phi) is 9.40. The molecule has 5 aromatic rings. The second-order valence-corrected chi connectivity index (χ2v) is 14.9. The summed E-state index contributed by atoms with van der Waals surface area (Å²) in [5, 5.41) is 10.3. The standard InChI is InChI=1S/C36H42N8O3S2/c1-5-8-29(45)42-31(20(2)3)36(47)44-14-7-9-27(44)34-38-16-26(41-34)23-19-49-32-22(18-48-33(23)32)21-11-12-24-25(15-21)40-35(39-24)28-10-6-13-43(28)30(46)17-37-4/h6,10-12,15-16,18-20,27-28,31,37H,5,7-9,13-14,17H2,1-4H3,(H,38,41)(H,39,40)(H,42,45). The summed E-state index contributed by atoms with van der Waals surface area (Å²) in [5.74, 6) is 1.45. The smallest absolute Gasteiger partial charge is 0.246 e. The lowest BCUT2D eigenvalue weighted by atomic mass is 10.0. The van der Waals surface area contributed by atoms with E-state index >= 15 is 0 Å². The molecule has 7 rings (SSSR count). The molecule has 4 aromatic heterocycles. The van der Waals surface area contributed by atoms with Gasteiger partial charge in [-0.1, -0.05) is 39.0 Å². The van der Waals surface area contributed by atoms with Crippen LogP contribution in [0.25, 0.3) is 42.8 Å². The summed E-state index contributed by atoms with van der Waals surface area (Å²) in [5.41, 5.74) is 6.10. The Morgan fingerprint density at radius 2 is 1.86 bits per heavy atom. The highest BCUT2D eigenvalue weighted by atomic mass is 32.1. The fourth-order valence-corrected chi connectivity index (χ4v) is 9.38. The molecule has 4 N–H and O–H groups in total. The fourth-order valence-electron chi connectivity index (χ4n) is 6.94. The van der Waals surface area contributed by atoms with Gasteiger partial charge < -0.3 is 30.4 Å². The summed E-state index contributed by atoms with van der Waals surface area (Å²) in [6, 6.07) is 5.37. The molecule has 1 aromatic carbocycles. The number of carbonyl (C=O) groups is 3. The molecule has 3 atom stereocenters. The van der Waals surface area contributed by atoms with Gasteiger partial charge in [0.15, 0.2) is 0 Å². The third-order valence-electron chi connectivity index (χ3n) is 9.44. The number of carbonyl (C=O) groups excluding carboxylic acids is 3. The van der Waals surface area contributed by atoms with E-state index in [1.165, 1.54) is 9.40 Å². The van der Waals surface area contributed by atoms with E-state index in [0.717, 1.165) is 64.3 Å². The molecule has 2 aliphatic rings. The van der Waals surface area contributed by atoms with Crippen LogP contribution in [0.3, 0.4) is 0 Å². The lowest BCUT2D eigenvalue weighted by Crippen LogP contribution is -2.51. The highest BCUT2D eigenvalue weighted by Gasteiger charge is 2.37. The van der Waals surface area contributed by atoms with Crippen molar-refractivity contribution in [1.82, 2.24) is 40.4 Å². The first-order valence-corrected chi connectivity index (χ1v) is 18.8. The molecule has 0 saturated carbocycles. The Bertz CT molecular complexity index is 2040. The molecule has 256 valence electrons. The summed E-state index contributed by atoms with van der Waals surface area (Å²) >= 11 is 3.43. The predicted octanol–water partition coefficient (Wildman–Crippen LogP) is 6.16. The molecule has 0 radical (unpaired) electrons. The number of thiophene rings is 2. The Morgan fingerprint density at radius 1 is 1.06 bits per heavy atom. The van der Waals surface area contributed by atoms with Crippen molar-refractivity contribution in [3.63, 3.8) is 0 Å². The number of fused-ring (bicyclic) bond motifs is 2. The number of hydrogen-bond acceptors (Lipinski definition) is 8. The predicted molar refractivity (Wildman–Crippen MR) is 195 cm³/mol. The topological polar surface area (TPSA) is 139 Å². The lowest BCUT2D eigenvalue weighted by molar-refractivity contribution is -0.138. The molecule has 3 unspecified atom stereocenters. The second-order valence-electron chi connectivity index (χ2n) is 13.2. The SMILES string of the molecule is CCCC(=O)NC(C(=O)N1CCCC1c1ncc(-c2csc3c(-c4ccc5nc(C6C=CCN6C(=O)CNC)[nH]c5c4)csc23)[nH]1)C(C)C. The van der Waals surface area contributed by atoms with E-state index in [1.54, 1.807) is 29.7 Å². The number of imidazole rings is 2. The summed E-state index contributed by atoms with van der Waals surface area (Å²) in [6.45, 7) is 7.43. The van der Waals surface area contributed by atoms with E-state index in [0.29, 0.717) is 19.5 Å². The Labute approximate surface area is 293 Å². The third kappa shape index (κ3) is 6.30. The maximum atomic E-state index is 13.7. The molecule has 2 aliphatic heterocycles.